The van der Waals surface area contributed by atoms with Crippen molar-refractivity contribution >= 4 is 46.2 Å². The SMILES string of the molecule is Cc1ccc2c(OC(=O)OCC(C)C)c3c(c(OC(=O)OCC(C)C)c2c1)-c1c-3c(OC(=O)OCC(C)C)c2cc(C)ccc2c1OC(=O)OCC(C)C. The van der Waals surface area contributed by atoms with Crippen LogP contribution >= 0.6 is 0 Å². The van der Waals surface area contributed by atoms with Gasteiger partial charge in [0.05, 0.1) is 26.4 Å². The molecule has 0 fully saturated rings. The summed E-state index contributed by atoms with van der Waals surface area (Å²) >= 11 is 0. The smallest absolute Gasteiger partial charge is 0.434 e. The molecular weight excluding hydrogens is 696 g/mol. The highest BCUT2D eigenvalue weighted by Crippen LogP contribution is 2.67. The molecule has 1 aliphatic carbocycles. The summed E-state index contributed by atoms with van der Waals surface area (Å²) in [5, 5.41) is 1.55. The number of aryl methyl sites for hydroxylation is 2. The van der Waals surface area contributed by atoms with E-state index < -0.39 is 24.6 Å². The van der Waals surface area contributed by atoms with Gasteiger partial charge in [0.15, 0.2) is 23.0 Å². The maximum absolute atomic E-state index is 13.3. The standard InChI is InChI=1S/C42H48O12/c1-21(2)17-47-39(43)51-35-27-13-11-25(9)15-29(27)37(53-41(45)49-19-23(5)6)33-31(35)34-32(33)36(52-40(44)48-18-22(3)4)28-14-12-26(10)16-30(28)38(34)54-42(46)50-20-24(7)8/h11-16,21-24H,17-20H2,1-10H3. The van der Waals surface area contributed by atoms with Gasteiger partial charge >= 0.3 is 24.6 Å². The Hall–Kier alpha value is -5.52. The fourth-order valence-corrected chi connectivity index (χ4v) is 5.79. The van der Waals surface area contributed by atoms with Gasteiger partial charge in [-0.05, 0) is 49.7 Å². The van der Waals surface area contributed by atoms with Crippen LogP contribution in [0.1, 0.15) is 66.5 Å². The molecule has 1 aliphatic rings. The minimum atomic E-state index is -0.976. The Morgan fingerprint density at radius 3 is 0.889 bits per heavy atom. The van der Waals surface area contributed by atoms with E-state index in [1.807, 2.05) is 81.4 Å². The molecule has 0 unspecified atom stereocenters. The number of carbonyl (C=O) groups excluding carboxylic acids is 4. The highest BCUT2D eigenvalue weighted by atomic mass is 16.7. The first kappa shape index (κ1) is 39.7. The molecule has 4 aromatic rings. The third kappa shape index (κ3) is 8.81. The summed E-state index contributed by atoms with van der Waals surface area (Å²) in [6.45, 7) is 19.2. The van der Waals surface area contributed by atoms with Gasteiger partial charge in [-0.15, -0.1) is 0 Å². The number of carbonyl (C=O) groups is 4. The molecule has 12 nitrogen and oxygen atoms in total. The molecule has 0 saturated carbocycles. The fourth-order valence-electron chi connectivity index (χ4n) is 5.79. The average Bonchev–Trinajstić information content (AvgIpc) is 3.08. The van der Waals surface area contributed by atoms with Crippen LogP contribution in [0.25, 0.3) is 43.8 Å². The van der Waals surface area contributed by atoms with E-state index in [4.69, 9.17) is 37.9 Å². The molecule has 0 spiro atoms. The van der Waals surface area contributed by atoms with Crippen molar-refractivity contribution in [1.82, 2.24) is 0 Å². The van der Waals surface area contributed by atoms with E-state index >= 15 is 0 Å². The van der Waals surface area contributed by atoms with Crippen LogP contribution in [0.3, 0.4) is 0 Å². The van der Waals surface area contributed by atoms with Gasteiger partial charge < -0.3 is 37.9 Å². The molecule has 0 aliphatic heterocycles. The van der Waals surface area contributed by atoms with Gasteiger partial charge in [-0.3, -0.25) is 0 Å². The van der Waals surface area contributed by atoms with E-state index in [-0.39, 0.29) is 95.4 Å². The Labute approximate surface area is 314 Å². The number of rotatable bonds is 12. The van der Waals surface area contributed by atoms with Crippen LogP contribution in [-0.2, 0) is 18.9 Å². The lowest BCUT2D eigenvalue weighted by molar-refractivity contribution is 0.0866. The predicted octanol–water partition coefficient (Wildman–Crippen LogP) is 10.9. The first-order valence-corrected chi connectivity index (χ1v) is 18.1. The van der Waals surface area contributed by atoms with Crippen molar-refractivity contribution in [3.05, 3.63) is 47.5 Å². The zero-order chi connectivity index (χ0) is 39.4. The van der Waals surface area contributed by atoms with E-state index in [1.54, 1.807) is 24.3 Å². The van der Waals surface area contributed by atoms with Gasteiger partial charge in [0.2, 0.25) is 0 Å². The Bertz CT molecular complexity index is 1930. The van der Waals surface area contributed by atoms with Crippen molar-refractivity contribution in [2.45, 2.75) is 69.2 Å². The van der Waals surface area contributed by atoms with Crippen LogP contribution in [-0.4, -0.2) is 51.0 Å². The number of fused-ring (bicyclic) bond motifs is 6. The lowest BCUT2D eigenvalue weighted by Crippen LogP contribution is -2.21. The summed E-state index contributed by atoms with van der Waals surface area (Å²) in [6.07, 6.45) is -3.90. The Kier molecular flexibility index (Phi) is 12.2. The van der Waals surface area contributed by atoms with E-state index in [2.05, 4.69) is 0 Å². The first-order chi connectivity index (χ1) is 25.5. The summed E-state index contributed by atoms with van der Waals surface area (Å²) in [5.41, 5.74) is 2.57. The second-order valence-electron chi connectivity index (χ2n) is 15.1. The lowest BCUT2D eigenvalue weighted by Gasteiger charge is -2.33. The van der Waals surface area contributed by atoms with E-state index in [9.17, 15) is 19.2 Å². The highest BCUT2D eigenvalue weighted by molar-refractivity contribution is 6.25. The molecule has 0 bridgehead atoms. The number of hydrogen-bond acceptors (Lipinski definition) is 12. The van der Waals surface area contributed by atoms with Gasteiger partial charge in [0.1, 0.15) is 0 Å². The van der Waals surface area contributed by atoms with Gasteiger partial charge in [-0.1, -0.05) is 90.8 Å². The zero-order valence-corrected chi connectivity index (χ0v) is 32.5. The van der Waals surface area contributed by atoms with Crippen LogP contribution in [0.4, 0.5) is 19.2 Å². The third-order valence-corrected chi connectivity index (χ3v) is 8.12. The quantitative estimate of drug-likeness (QED) is 0.0681. The van der Waals surface area contributed by atoms with Crippen molar-refractivity contribution < 1.29 is 57.1 Å². The molecule has 54 heavy (non-hydrogen) atoms. The largest absolute Gasteiger partial charge is 0.513 e. The van der Waals surface area contributed by atoms with Gasteiger partial charge in [0, 0.05) is 43.8 Å². The molecule has 0 radical (unpaired) electrons. The Morgan fingerprint density at radius 1 is 0.407 bits per heavy atom. The average molecular weight is 745 g/mol. The van der Waals surface area contributed by atoms with Crippen molar-refractivity contribution in [3.8, 4) is 45.3 Å². The number of hydrogen-bond donors (Lipinski definition) is 0. The van der Waals surface area contributed by atoms with Crippen molar-refractivity contribution in [2.24, 2.45) is 23.7 Å². The van der Waals surface area contributed by atoms with Gasteiger partial charge in [-0.2, -0.15) is 0 Å². The van der Waals surface area contributed by atoms with Crippen LogP contribution in [0.5, 0.6) is 23.0 Å². The topological polar surface area (TPSA) is 142 Å². The summed E-state index contributed by atoms with van der Waals surface area (Å²) in [6, 6.07) is 10.6. The minimum absolute atomic E-state index is 0.0228. The first-order valence-electron chi connectivity index (χ1n) is 18.1. The monoisotopic (exact) mass is 744 g/mol. The molecule has 0 heterocycles. The Morgan fingerprint density at radius 2 is 0.648 bits per heavy atom. The van der Waals surface area contributed by atoms with Crippen LogP contribution in [0.15, 0.2) is 36.4 Å². The fraction of sp³-hybridized carbons (Fsp3) is 0.429. The number of ether oxygens (including phenoxy) is 8. The molecule has 0 amide bonds. The normalized spacial score (nSPS) is 11.7. The van der Waals surface area contributed by atoms with Gasteiger partial charge in [0.25, 0.3) is 0 Å². The molecule has 12 heteroatoms. The minimum Gasteiger partial charge on any atom is -0.434 e. The van der Waals surface area contributed by atoms with Crippen LogP contribution in [0.2, 0.25) is 0 Å². The lowest BCUT2D eigenvalue weighted by atomic mass is 9.74. The summed E-state index contributed by atoms with van der Waals surface area (Å²) in [4.78, 5) is 53.2. The molecule has 5 rings (SSSR count). The van der Waals surface area contributed by atoms with Crippen LogP contribution < -0.4 is 18.9 Å². The number of benzene rings is 4. The maximum atomic E-state index is 13.3. The maximum Gasteiger partial charge on any atom is 0.513 e. The third-order valence-electron chi connectivity index (χ3n) is 8.12. The summed E-state index contributed by atoms with van der Waals surface area (Å²) in [5.74, 6) is 0.282. The summed E-state index contributed by atoms with van der Waals surface area (Å²) in [7, 11) is 0. The molecule has 0 aromatic heterocycles. The second-order valence-corrected chi connectivity index (χ2v) is 15.1. The predicted molar refractivity (Wildman–Crippen MR) is 203 cm³/mol. The molecule has 0 atom stereocenters. The zero-order valence-electron chi connectivity index (χ0n) is 32.5. The molecule has 0 saturated heterocycles. The second kappa shape index (κ2) is 16.7. The molecule has 0 N–H and O–H groups in total. The molecular formula is C42H48O12. The van der Waals surface area contributed by atoms with Crippen LogP contribution in [0, 0.1) is 37.5 Å². The van der Waals surface area contributed by atoms with E-state index in [0.717, 1.165) is 11.1 Å². The van der Waals surface area contributed by atoms with E-state index in [1.165, 1.54) is 0 Å². The Balaban J connectivity index is 1.87. The summed E-state index contributed by atoms with van der Waals surface area (Å²) < 4.78 is 45.8. The van der Waals surface area contributed by atoms with Crippen molar-refractivity contribution in [2.75, 3.05) is 26.4 Å². The molecule has 4 aromatic carbocycles. The van der Waals surface area contributed by atoms with Crippen molar-refractivity contribution in [1.29, 1.82) is 0 Å². The highest BCUT2D eigenvalue weighted by Gasteiger charge is 2.43. The van der Waals surface area contributed by atoms with Gasteiger partial charge in [-0.25, -0.2) is 19.2 Å². The van der Waals surface area contributed by atoms with E-state index in [0.29, 0.717) is 21.5 Å². The van der Waals surface area contributed by atoms with Crippen molar-refractivity contribution in [3.63, 3.8) is 0 Å². The molecule has 288 valence electrons.